The van der Waals surface area contributed by atoms with Crippen LogP contribution in [0.4, 0.5) is 5.69 Å². The van der Waals surface area contributed by atoms with Gasteiger partial charge in [-0.1, -0.05) is 29.8 Å². The third kappa shape index (κ3) is 6.26. The lowest BCUT2D eigenvalue weighted by Gasteiger charge is -2.11. The second-order valence-corrected chi connectivity index (χ2v) is 5.93. The molecule has 5 nitrogen and oxygen atoms in total. The highest BCUT2D eigenvalue weighted by atomic mass is 35.5. The first-order chi connectivity index (χ1) is 12.6. The van der Waals surface area contributed by atoms with Crippen molar-refractivity contribution < 1.29 is 14.3 Å². The monoisotopic (exact) mass is 372 g/mol. The lowest BCUT2D eigenvalue weighted by Crippen LogP contribution is -2.25. The molecule has 0 aliphatic carbocycles. The Bertz CT molecular complexity index is 760. The molecular formula is C20H21ClN2O3. The van der Waals surface area contributed by atoms with Gasteiger partial charge in [0.25, 0.3) is 5.91 Å². The van der Waals surface area contributed by atoms with E-state index in [4.69, 9.17) is 16.3 Å². The smallest absolute Gasteiger partial charge is 0.253 e. The van der Waals surface area contributed by atoms with Gasteiger partial charge in [-0.15, -0.1) is 6.58 Å². The topological polar surface area (TPSA) is 67.4 Å². The first-order valence-electron chi connectivity index (χ1n) is 8.26. The number of halogens is 1. The van der Waals surface area contributed by atoms with E-state index in [9.17, 15) is 9.59 Å². The van der Waals surface area contributed by atoms with Crippen LogP contribution in [-0.4, -0.2) is 25.0 Å². The van der Waals surface area contributed by atoms with Crippen molar-refractivity contribution in [2.24, 2.45) is 0 Å². The van der Waals surface area contributed by atoms with Gasteiger partial charge in [-0.2, -0.15) is 0 Å². The van der Waals surface area contributed by atoms with Crippen molar-refractivity contribution >= 4 is 29.1 Å². The predicted octanol–water partition coefficient (Wildman–Crippen LogP) is 4.05. The van der Waals surface area contributed by atoms with Crippen LogP contribution in [0.3, 0.4) is 0 Å². The molecule has 136 valence electrons. The largest absolute Gasteiger partial charge is 0.494 e. The number of nitrogens with one attached hydrogen (secondary N) is 2. The molecule has 0 aliphatic rings. The highest BCUT2D eigenvalue weighted by Gasteiger charge is 2.12. The standard InChI is InChI=1S/C20H21ClN2O3/c1-2-13-22-20(25)17-6-3-4-7-18(17)23-19(24)8-5-14-26-16-11-9-15(21)10-12-16/h2-4,6-7,9-12H,1,5,8,13-14H2,(H,22,25)(H,23,24). The van der Waals surface area contributed by atoms with Crippen LogP contribution in [0.1, 0.15) is 23.2 Å². The fraction of sp³-hybridized carbons (Fsp3) is 0.200. The minimum Gasteiger partial charge on any atom is -0.494 e. The van der Waals surface area contributed by atoms with Gasteiger partial charge in [0.15, 0.2) is 0 Å². The summed E-state index contributed by atoms with van der Waals surface area (Å²) in [4.78, 5) is 24.2. The van der Waals surface area contributed by atoms with Crippen LogP contribution in [0.2, 0.25) is 5.02 Å². The molecule has 0 atom stereocenters. The summed E-state index contributed by atoms with van der Waals surface area (Å²) in [5, 5.41) is 6.12. The third-order valence-electron chi connectivity index (χ3n) is 3.48. The van der Waals surface area contributed by atoms with E-state index in [1.165, 1.54) is 0 Å². The SMILES string of the molecule is C=CCNC(=O)c1ccccc1NC(=O)CCCOc1ccc(Cl)cc1. The summed E-state index contributed by atoms with van der Waals surface area (Å²) in [5.41, 5.74) is 0.901. The van der Waals surface area contributed by atoms with E-state index in [1.54, 1.807) is 54.6 Å². The number of ether oxygens (including phenoxy) is 1. The number of benzene rings is 2. The van der Waals surface area contributed by atoms with Crippen molar-refractivity contribution in [3.8, 4) is 5.75 Å². The first kappa shape index (κ1) is 19.5. The van der Waals surface area contributed by atoms with Crippen molar-refractivity contribution in [3.05, 3.63) is 71.8 Å². The fourth-order valence-corrected chi connectivity index (χ4v) is 2.34. The van der Waals surface area contributed by atoms with Crippen LogP contribution in [-0.2, 0) is 4.79 Å². The van der Waals surface area contributed by atoms with Crippen molar-refractivity contribution in [2.75, 3.05) is 18.5 Å². The van der Waals surface area contributed by atoms with Crippen LogP contribution < -0.4 is 15.4 Å². The Morgan fingerprint density at radius 3 is 2.58 bits per heavy atom. The molecule has 2 rings (SSSR count). The molecule has 0 spiro atoms. The molecule has 0 heterocycles. The first-order valence-corrected chi connectivity index (χ1v) is 8.64. The Morgan fingerprint density at radius 1 is 1.12 bits per heavy atom. The molecule has 2 aromatic rings. The van der Waals surface area contributed by atoms with Gasteiger partial charge in [0.1, 0.15) is 5.75 Å². The van der Waals surface area contributed by atoms with Gasteiger partial charge in [0.2, 0.25) is 5.91 Å². The van der Waals surface area contributed by atoms with E-state index in [2.05, 4.69) is 17.2 Å². The Balaban J connectivity index is 1.81. The molecule has 0 radical (unpaired) electrons. The molecule has 0 aliphatic heterocycles. The second kappa shape index (κ2) is 10.3. The van der Waals surface area contributed by atoms with Gasteiger partial charge in [-0.25, -0.2) is 0 Å². The fourth-order valence-electron chi connectivity index (χ4n) is 2.22. The van der Waals surface area contributed by atoms with E-state index in [-0.39, 0.29) is 18.2 Å². The average Bonchev–Trinajstić information content (AvgIpc) is 2.65. The van der Waals surface area contributed by atoms with E-state index in [1.807, 2.05) is 0 Å². The summed E-state index contributed by atoms with van der Waals surface area (Å²) in [5.74, 6) is 0.277. The van der Waals surface area contributed by atoms with Crippen molar-refractivity contribution in [3.63, 3.8) is 0 Å². The molecule has 0 saturated heterocycles. The zero-order valence-corrected chi connectivity index (χ0v) is 15.1. The van der Waals surface area contributed by atoms with E-state index in [0.717, 1.165) is 0 Å². The highest BCUT2D eigenvalue weighted by molar-refractivity contribution is 6.30. The third-order valence-corrected chi connectivity index (χ3v) is 3.74. The number of amides is 2. The number of carbonyl (C=O) groups is 2. The minimum atomic E-state index is -0.258. The maximum absolute atomic E-state index is 12.1. The molecule has 6 heteroatoms. The average molecular weight is 373 g/mol. The summed E-state index contributed by atoms with van der Waals surface area (Å²) in [7, 11) is 0. The minimum absolute atomic E-state index is 0.173. The van der Waals surface area contributed by atoms with Crippen LogP contribution in [0.25, 0.3) is 0 Å². The molecule has 0 unspecified atom stereocenters. The molecular weight excluding hydrogens is 352 g/mol. The van der Waals surface area contributed by atoms with Crippen LogP contribution in [0.15, 0.2) is 61.2 Å². The van der Waals surface area contributed by atoms with Gasteiger partial charge in [-0.3, -0.25) is 9.59 Å². The zero-order chi connectivity index (χ0) is 18.8. The van der Waals surface area contributed by atoms with Crippen LogP contribution in [0.5, 0.6) is 5.75 Å². The lowest BCUT2D eigenvalue weighted by atomic mass is 10.1. The molecule has 0 bridgehead atoms. The summed E-state index contributed by atoms with van der Waals surface area (Å²) < 4.78 is 5.56. The Morgan fingerprint density at radius 2 is 1.85 bits per heavy atom. The molecule has 2 N–H and O–H groups in total. The maximum Gasteiger partial charge on any atom is 0.253 e. The number of rotatable bonds is 9. The number of hydrogen-bond donors (Lipinski definition) is 2. The quantitative estimate of drug-likeness (QED) is 0.515. The van der Waals surface area contributed by atoms with Gasteiger partial charge >= 0.3 is 0 Å². The summed E-state index contributed by atoms with van der Waals surface area (Å²) in [6, 6.07) is 13.9. The molecule has 26 heavy (non-hydrogen) atoms. The van der Waals surface area contributed by atoms with Crippen molar-refractivity contribution in [2.45, 2.75) is 12.8 Å². The van der Waals surface area contributed by atoms with E-state index >= 15 is 0 Å². The Kier molecular flexibility index (Phi) is 7.71. The summed E-state index contributed by atoms with van der Waals surface area (Å²) >= 11 is 5.81. The second-order valence-electron chi connectivity index (χ2n) is 5.50. The molecule has 2 aromatic carbocycles. The molecule has 0 saturated carbocycles. The van der Waals surface area contributed by atoms with Crippen LogP contribution in [0, 0.1) is 0 Å². The van der Waals surface area contributed by atoms with Crippen molar-refractivity contribution in [1.29, 1.82) is 0 Å². The van der Waals surface area contributed by atoms with Crippen LogP contribution >= 0.6 is 11.6 Å². The number of anilines is 1. The Labute approximate surface area is 158 Å². The van der Waals surface area contributed by atoms with Gasteiger partial charge < -0.3 is 15.4 Å². The van der Waals surface area contributed by atoms with E-state index in [0.29, 0.717) is 41.6 Å². The Hall–Kier alpha value is -2.79. The summed E-state index contributed by atoms with van der Waals surface area (Å²) in [6.45, 7) is 4.34. The van der Waals surface area contributed by atoms with Gasteiger partial charge in [0, 0.05) is 18.0 Å². The normalized spacial score (nSPS) is 10.0. The number of para-hydroxylation sites is 1. The van der Waals surface area contributed by atoms with Gasteiger partial charge in [-0.05, 0) is 42.8 Å². The predicted molar refractivity (Wildman–Crippen MR) is 104 cm³/mol. The summed E-state index contributed by atoms with van der Waals surface area (Å²) in [6.07, 6.45) is 2.44. The molecule has 0 aromatic heterocycles. The highest BCUT2D eigenvalue weighted by Crippen LogP contribution is 2.17. The van der Waals surface area contributed by atoms with E-state index < -0.39 is 0 Å². The maximum atomic E-state index is 12.1. The lowest BCUT2D eigenvalue weighted by molar-refractivity contribution is -0.116. The molecule has 0 fully saturated rings. The van der Waals surface area contributed by atoms with Crippen molar-refractivity contribution in [1.82, 2.24) is 5.32 Å². The molecule has 2 amide bonds. The zero-order valence-electron chi connectivity index (χ0n) is 14.3. The van der Waals surface area contributed by atoms with Gasteiger partial charge in [0.05, 0.1) is 17.9 Å². The number of hydrogen-bond acceptors (Lipinski definition) is 3. The number of carbonyl (C=O) groups excluding carboxylic acids is 2.